The lowest BCUT2D eigenvalue weighted by Gasteiger charge is -2.04. The van der Waals surface area contributed by atoms with Crippen molar-refractivity contribution in [2.24, 2.45) is 0 Å². The van der Waals surface area contributed by atoms with Crippen molar-refractivity contribution in [1.82, 2.24) is 10.6 Å². The van der Waals surface area contributed by atoms with Gasteiger partial charge >= 0.3 is 0 Å². The van der Waals surface area contributed by atoms with Crippen LogP contribution in [0.5, 0.6) is 0 Å². The second kappa shape index (κ2) is 11.0. The van der Waals surface area contributed by atoms with Crippen LogP contribution >= 0.6 is 0 Å². The molecule has 0 aromatic rings. The third-order valence-corrected chi connectivity index (χ3v) is 1.76. The van der Waals surface area contributed by atoms with E-state index in [-0.39, 0.29) is 5.91 Å². The van der Waals surface area contributed by atoms with Crippen molar-refractivity contribution < 1.29 is 9.53 Å². The lowest BCUT2D eigenvalue weighted by Crippen LogP contribution is -2.30. The molecule has 0 spiro atoms. The van der Waals surface area contributed by atoms with Crippen molar-refractivity contribution in [3.63, 3.8) is 0 Å². The maximum atomic E-state index is 11.2. The number of carbonyl (C=O) groups is 1. The second-order valence-electron chi connectivity index (χ2n) is 3.02. The predicted molar refractivity (Wildman–Crippen MR) is 60.4 cm³/mol. The molecule has 0 aliphatic carbocycles. The van der Waals surface area contributed by atoms with E-state index in [0.29, 0.717) is 26.1 Å². The molecule has 0 fully saturated rings. The van der Waals surface area contributed by atoms with E-state index in [0.717, 1.165) is 13.0 Å². The molecular weight excluding hydrogens is 192 g/mol. The third-order valence-electron chi connectivity index (χ3n) is 1.76. The number of hydrogen-bond donors (Lipinski definition) is 2. The Hall–Kier alpha value is -1.05. The maximum absolute atomic E-state index is 11.2. The highest BCUT2D eigenvalue weighted by Gasteiger charge is 1.98. The molecule has 0 heterocycles. The predicted octanol–water partition coefficient (Wildman–Crippen LogP) is 0.142. The van der Waals surface area contributed by atoms with E-state index >= 15 is 0 Å². The number of methoxy groups -OCH3 is 1. The molecule has 86 valence electrons. The highest BCUT2D eigenvalue weighted by Crippen LogP contribution is 1.78. The van der Waals surface area contributed by atoms with Crippen LogP contribution in [0.3, 0.4) is 0 Å². The molecule has 0 unspecified atom stereocenters. The van der Waals surface area contributed by atoms with Crippen LogP contribution < -0.4 is 10.6 Å². The van der Waals surface area contributed by atoms with Crippen molar-refractivity contribution in [2.75, 3.05) is 33.4 Å². The Labute approximate surface area is 91.8 Å². The number of amides is 1. The van der Waals surface area contributed by atoms with Crippen molar-refractivity contribution in [3.8, 4) is 11.8 Å². The minimum absolute atomic E-state index is 0.0566. The zero-order valence-electron chi connectivity index (χ0n) is 9.56. The van der Waals surface area contributed by atoms with Gasteiger partial charge in [0.1, 0.15) is 0 Å². The molecule has 0 atom stereocenters. The minimum atomic E-state index is 0.0566. The standard InChI is InChI=1S/C11H20N2O2/c1-3-4-5-7-12-8-6-11(14)13-9-10-15-2/h12H,5-10H2,1-2H3,(H,13,14). The summed E-state index contributed by atoms with van der Waals surface area (Å²) in [6.45, 7) is 4.50. The summed E-state index contributed by atoms with van der Waals surface area (Å²) < 4.78 is 4.82. The van der Waals surface area contributed by atoms with Crippen LogP contribution in [0.2, 0.25) is 0 Å². The van der Waals surface area contributed by atoms with Crippen LogP contribution in [-0.4, -0.2) is 39.3 Å². The van der Waals surface area contributed by atoms with Gasteiger partial charge in [0.15, 0.2) is 0 Å². The van der Waals surface area contributed by atoms with Crippen LogP contribution in [-0.2, 0) is 9.53 Å². The summed E-state index contributed by atoms with van der Waals surface area (Å²) in [5.74, 6) is 5.82. The van der Waals surface area contributed by atoms with Gasteiger partial charge in [-0.15, -0.1) is 11.8 Å². The van der Waals surface area contributed by atoms with E-state index in [1.165, 1.54) is 0 Å². The average molecular weight is 212 g/mol. The molecule has 2 N–H and O–H groups in total. The molecule has 0 saturated carbocycles. The Bertz CT molecular complexity index is 218. The van der Waals surface area contributed by atoms with E-state index < -0.39 is 0 Å². The topological polar surface area (TPSA) is 50.4 Å². The highest BCUT2D eigenvalue weighted by atomic mass is 16.5. The minimum Gasteiger partial charge on any atom is -0.383 e. The summed E-state index contributed by atoms with van der Waals surface area (Å²) in [5.41, 5.74) is 0. The fourth-order valence-corrected chi connectivity index (χ4v) is 0.984. The zero-order valence-corrected chi connectivity index (χ0v) is 9.56. The van der Waals surface area contributed by atoms with Crippen LogP contribution in [0.15, 0.2) is 0 Å². The number of rotatable bonds is 8. The zero-order chi connectivity index (χ0) is 11.4. The number of nitrogens with one attached hydrogen (secondary N) is 2. The third kappa shape index (κ3) is 10.9. The van der Waals surface area contributed by atoms with Crippen LogP contribution in [0.1, 0.15) is 19.8 Å². The van der Waals surface area contributed by atoms with Crippen molar-refractivity contribution in [3.05, 3.63) is 0 Å². The van der Waals surface area contributed by atoms with E-state index in [1.807, 2.05) is 6.92 Å². The summed E-state index contributed by atoms with van der Waals surface area (Å²) in [4.78, 5) is 11.2. The Kier molecular flexibility index (Phi) is 10.3. The Morgan fingerprint density at radius 1 is 1.33 bits per heavy atom. The molecule has 4 nitrogen and oxygen atoms in total. The van der Waals surface area contributed by atoms with Crippen molar-refractivity contribution in [1.29, 1.82) is 0 Å². The SMILES string of the molecule is CC#CCCNCCC(=O)NCCOC. The lowest BCUT2D eigenvalue weighted by atomic mass is 10.3. The summed E-state index contributed by atoms with van der Waals surface area (Å²) in [6.07, 6.45) is 1.34. The Morgan fingerprint density at radius 3 is 2.80 bits per heavy atom. The van der Waals surface area contributed by atoms with Crippen molar-refractivity contribution >= 4 is 5.91 Å². The smallest absolute Gasteiger partial charge is 0.221 e. The fraction of sp³-hybridized carbons (Fsp3) is 0.727. The lowest BCUT2D eigenvalue weighted by molar-refractivity contribution is -0.121. The summed E-state index contributed by atoms with van der Waals surface area (Å²) in [7, 11) is 1.61. The Balaban J connectivity index is 3.19. The van der Waals surface area contributed by atoms with Gasteiger partial charge < -0.3 is 15.4 Å². The van der Waals surface area contributed by atoms with Gasteiger partial charge in [0, 0.05) is 39.6 Å². The van der Waals surface area contributed by atoms with Gasteiger partial charge in [-0.25, -0.2) is 0 Å². The molecule has 0 aromatic heterocycles. The van der Waals surface area contributed by atoms with Gasteiger partial charge in [0.2, 0.25) is 5.91 Å². The summed E-state index contributed by atoms with van der Waals surface area (Å²) >= 11 is 0. The first-order valence-electron chi connectivity index (χ1n) is 5.17. The molecule has 0 bridgehead atoms. The van der Waals surface area contributed by atoms with Crippen molar-refractivity contribution in [2.45, 2.75) is 19.8 Å². The van der Waals surface area contributed by atoms with Crippen LogP contribution in [0, 0.1) is 11.8 Å². The summed E-state index contributed by atoms with van der Waals surface area (Å²) in [5, 5.41) is 5.90. The van der Waals surface area contributed by atoms with Crippen LogP contribution in [0.4, 0.5) is 0 Å². The first-order valence-corrected chi connectivity index (χ1v) is 5.17. The summed E-state index contributed by atoms with van der Waals surface area (Å²) in [6, 6.07) is 0. The van der Waals surface area contributed by atoms with Gasteiger partial charge in [-0.2, -0.15) is 0 Å². The maximum Gasteiger partial charge on any atom is 0.221 e. The van der Waals surface area contributed by atoms with Gasteiger partial charge in [0.05, 0.1) is 6.61 Å². The van der Waals surface area contributed by atoms with Crippen LogP contribution in [0.25, 0.3) is 0 Å². The van der Waals surface area contributed by atoms with Gasteiger partial charge in [-0.3, -0.25) is 4.79 Å². The molecule has 0 aliphatic heterocycles. The average Bonchev–Trinajstić information content (AvgIpc) is 2.23. The van der Waals surface area contributed by atoms with E-state index in [1.54, 1.807) is 7.11 Å². The molecule has 1 amide bonds. The van der Waals surface area contributed by atoms with E-state index in [4.69, 9.17) is 4.74 Å². The quantitative estimate of drug-likeness (QED) is 0.444. The molecule has 0 rings (SSSR count). The molecule has 4 heteroatoms. The molecule has 0 saturated heterocycles. The Morgan fingerprint density at radius 2 is 2.13 bits per heavy atom. The van der Waals surface area contributed by atoms with E-state index in [2.05, 4.69) is 22.5 Å². The molecule has 0 aromatic carbocycles. The van der Waals surface area contributed by atoms with Gasteiger partial charge in [0.25, 0.3) is 0 Å². The number of ether oxygens (including phenoxy) is 1. The molecule has 15 heavy (non-hydrogen) atoms. The van der Waals surface area contributed by atoms with E-state index in [9.17, 15) is 4.79 Å². The molecular formula is C11H20N2O2. The first kappa shape index (κ1) is 13.9. The largest absolute Gasteiger partial charge is 0.383 e. The monoisotopic (exact) mass is 212 g/mol. The molecule has 0 radical (unpaired) electrons. The van der Waals surface area contributed by atoms with Gasteiger partial charge in [-0.1, -0.05) is 0 Å². The first-order chi connectivity index (χ1) is 7.31. The molecule has 0 aliphatic rings. The van der Waals surface area contributed by atoms with Gasteiger partial charge in [-0.05, 0) is 6.92 Å². The second-order valence-corrected chi connectivity index (χ2v) is 3.02. The number of hydrogen-bond acceptors (Lipinski definition) is 3. The number of carbonyl (C=O) groups excluding carboxylic acids is 1. The normalized spacial score (nSPS) is 9.20. The fourth-order valence-electron chi connectivity index (χ4n) is 0.984. The highest BCUT2D eigenvalue weighted by molar-refractivity contribution is 5.75.